The third-order valence-electron chi connectivity index (χ3n) is 6.21. The molecule has 0 atom stereocenters. The average Bonchev–Trinajstić information content (AvgIpc) is 2.93. The van der Waals surface area contributed by atoms with Crippen LogP contribution < -0.4 is 20.1 Å². The second-order valence-electron chi connectivity index (χ2n) is 10.4. The maximum Gasteiger partial charge on any atom is 0.347 e. The highest BCUT2D eigenvalue weighted by atomic mass is 16.7. The Morgan fingerprint density at radius 2 is 1.37 bits per heavy atom. The molecule has 0 aliphatic carbocycles. The van der Waals surface area contributed by atoms with Crippen molar-refractivity contribution in [3.63, 3.8) is 0 Å². The first-order chi connectivity index (χ1) is 19.4. The molecule has 0 bridgehead atoms. The van der Waals surface area contributed by atoms with Gasteiger partial charge in [0.1, 0.15) is 11.5 Å². The van der Waals surface area contributed by atoms with E-state index < -0.39 is 17.4 Å². The second kappa shape index (κ2) is 12.0. The molecule has 212 valence electrons. The van der Waals surface area contributed by atoms with Crippen LogP contribution >= 0.6 is 0 Å². The second-order valence-corrected chi connectivity index (χ2v) is 10.4. The Kier molecular flexibility index (Phi) is 8.47. The molecule has 9 nitrogen and oxygen atoms in total. The number of hydrogen-bond donors (Lipinski definition) is 3. The quantitative estimate of drug-likeness (QED) is 0.139. The van der Waals surface area contributed by atoms with Crippen molar-refractivity contribution in [1.82, 2.24) is 0 Å². The van der Waals surface area contributed by atoms with Gasteiger partial charge in [-0.1, -0.05) is 18.2 Å². The molecule has 0 spiro atoms. The van der Waals surface area contributed by atoms with Crippen LogP contribution in [0.25, 0.3) is 10.8 Å². The zero-order valence-electron chi connectivity index (χ0n) is 23.3. The summed E-state index contributed by atoms with van der Waals surface area (Å²) in [4.78, 5) is 34.7. The van der Waals surface area contributed by atoms with Gasteiger partial charge in [-0.15, -0.1) is 0 Å². The third kappa shape index (κ3) is 7.76. The average molecular weight is 557 g/mol. The fraction of sp³-hybridized carbons (Fsp3) is 0.219. The summed E-state index contributed by atoms with van der Waals surface area (Å²) in [6.45, 7) is 7.21. The number of carboxylic acids is 1. The number of carbonyl (C=O) groups is 3. The SMILES string of the molecule is CC(C)(OC=O)Oc1ccc(NCc2ccc3cc(C(=O)Nc4ccc(OC(C)(C)C(=O)O)cc4)ccc3c2)cc1. The van der Waals surface area contributed by atoms with Gasteiger partial charge in [-0.25, -0.2) is 4.79 Å². The number of aliphatic carboxylic acids is 1. The van der Waals surface area contributed by atoms with Gasteiger partial charge in [0.05, 0.1) is 0 Å². The number of carbonyl (C=O) groups excluding carboxylic acids is 2. The largest absolute Gasteiger partial charge is 0.478 e. The monoisotopic (exact) mass is 556 g/mol. The molecule has 4 rings (SSSR count). The van der Waals surface area contributed by atoms with Gasteiger partial charge in [0.15, 0.2) is 5.60 Å². The molecule has 0 aliphatic rings. The van der Waals surface area contributed by atoms with E-state index in [9.17, 15) is 19.5 Å². The molecule has 0 saturated carbocycles. The van der Waals surface area contributed by atoms with Crippen LogP contribution in [-0.4, -0.2) is 34.8 Å². The minimum absolute atomic E-state index is 0.259. The van der Waals surface area contributed by atoms with Gasteiger partial charge < -0.3 is 30.0 Å². The van der Waals surface area contributed by atoms with E-state index in [2.05, 4.69) is 16.7 Å². The number of hydrogen-bond acceptors (Lipinski definition) is 7. The van der Waals surface area contributed by atoms with Crippen LogP contribution in [0.3, 0.4) is 0 Å². The maximum absolute atomic E-state index is 12.9. The van der Waals surface area contributed by atoms with Crippen molar-refractivity contribution >= 4 is 40.5 Å². The van der Waals surface area contributed by atoms with E-state index in [0.717, 1.165) is 22.0 Å². The van der Waals surface area contributed by atoms with Crippen molar-refractivity contribution in [2.75, 3.05) is 10.6 Å². The first-order valence-corrected chi connectivity index (χ1v) is 12.9. The molecule has 0 aromatic heterocycles. The summed E-state index contributed by atoms with van der Waals surface area (Å²) in [5.41, 5.74) is 1.70. The number of anilines is 2. The smallest absolute Gasteiger partial charge is 0.347 e. The topological polar surface area (TPSA) is 123 Å². The molecule has 9 heteroatoms. The van der Waals surface area contributed by atoms with Crippen molar-refractivity contribution in [1.29, 1.82) is 0 Å². The predicted molar refractivity (Wildman–Crippen MR) is 156 cm³/mol. The summed E-state index contributed by atoms with van der Waals surface area (Å²) in [6.07, 6.45) is 0. The van der Waals surface area contributed by atoms with E-state index in [-0.39, 0.29) is 5.91 Å². The number of carboxylic acid groups (broad SMARTS) is 1. The standard InChI is InChI=1S/C32H32N2O7/c1-31(2,30(37)38)40-27-15-11-26(12-16-27)34-29(36)24-8-7-22-17-21(5-6-23(22)18-24)19-33-25-9-13-28(14-10-25)41-32(3,4)39-20-35/h5-18,20,33H,19H2,1-4H3,(H,34,36)(H,37,38). The summed E-state index contributed by atoms with van der Waals surface area (Å²) in [7, 11) is 0. The molecule has 0 saturated heterocycles. The van der Waals surface area contributed by atoms with Crippen molar-refractivity contribution in [3.05, 3.63) is 96.1 Å². The first kappa shape index (κ1) is 28.9. The van der Waals surface area contributed by atoms with Crippen molar-refractivity contribution in [2.24, 2.45) is 0 Å². The first-order valence-electron chi connectivity index (χ1n) is 12.9. The molecule has 41 heavy (non-hydrogen) atoms. The number of rotatable bonds is 12. The lowest BCUT2D eigenvalue weighted by Crippen LogP contribution is -2.37. The number of fused-ring (bicyclic) bond motifs is 1. The molecule has 0 unspecified atom stereocenters. The summed E-state index contributed by atoms with van der Waals surface area (Å²) >= 11 is 0. The van der Waals surface area contributed by atoms with Gasteiger partial charge in [0.2, 0.25) is 5.79 Å². The van der Waals surface area contributed by atoms with Crippen LogP contribution in [0.1, 0.15) is 43.6 Å². The van der Waals surface area contributed by atoms with Crippen LogP contribution in [0, 0.1) is 0 Å². The van der Waals surface area contributed by atoms with Crippen LogP contribution in [0.15, 0.2) is 84.9 Å². The van der Waals surface area contributed by atoms with E-state index in [1.54, 1.807) is 56.3 Å². The van der Waals surface area contributed by atoms with Crippen LogP contribution in [-0.2, 0) is 20.9 Å². The van der Waals surface area contributed by atoms with Gasteiger partial charge in [0.25, 0.3) is 12.4 Å². The Balaban J connectivity index is 1.35. The Bertz CT molecular complexity index is 1550. The summed E-state index contributed by atoms with van der Waals surface area (Å²) in [5.74, 6) is -1.40. The normalized spacial score (nSPS) is 11.4. The molecule has 0 fully saturated rings. The highest BCUT2D eigenvalue weighted by Gasteiger charge is 2.29. The summed E-state index contributed by atoms with van der Waals surface area (Å²) in [5, 5.41) is 17.4. The fourth-order valence-electron chi connectivity index (χ4n) is 3.96. The number of ether oxygens (including phenoxy) is 3. The minimum atomic E-state index is -1.36. The van der Waals surface area contributed by atoms with Gasteiger partial charge >= 0.3 is 5.97 Å². The van der Waals surface area contributed by atoms with E-state index in [0.29, 0.717) is 35.8 Å². The van der Waals surface area contributed by atoms with E-state index >= 15 is 0 Å². The third-order valence-corrected chi connectivity index (χ3v) is 6.21. The van der Waals surface area contributed by atoms with E-state index in [4.69, 9.17) is 14.2 Å². The van der Waals surface area contributed by atoms with Crippen LogP contribution in [0.2, 0.25) is 0 Å². The van der Waals surface area contributed by atoms with Crippen LogP contribution in [0.4, 0.5) is 11.4 Å². The lowest BCUT2D eigenvalue weighted by atomic mass is 10.0. The highest BCUT2D eigenvalue weighted by Crippen LogP contribution is 2.24. The number of nitrogens with one attached hydrogen (secondary N) is 2. The van der Waals surface area contributed by atoms with E-state index in [1.165, 1.54) is 13.8 Å². The van der Waals surface area contributed by atoms with Gasteiger partial charge in [-0.3, -0.25) is 9.59 Å². The number of benzene rings is 4. The molecule has 0 heterocycles. The number of amides is 1. The Morgan fingerprint density at radius 3 is 2.00 bits per heavy atom. The molecular formula is C32H32N2O7. The molecule has 0 aliphatic heterocycles. The Labute approximate surface area is 238 Å². The Morgan fingerprint density at radius 1 is 0.780 bits per heavy atom. The minimum Gasteiger partial charge on any atom is -0.478 e. The molecule has 4 aromatic carbocycles. The van der Waals surface area contributed by atoms with Crippen molar-refractivity contribution in [3.8, 4) is 11.5 Å². The molecule has 0 radical (unpaired) electrons. The van der Waals surface area contributed by atoms with Gasteiger partial charge in [0, 0.05) is 37.3 Å². The fourth-order valence-corrected chi connectivity index (χ4v) is 3.96. The van der Waals surface area contributed by atoms with E-state index in [1.807, 2.05) is 36.4 Å². The zero-order chi connectivity index (χ0) is 29.6. The maximum atomic E-state index is 12.9. The molecular weight excluding hydrogens is 524 g/mol. The summed E-state index contributed by atoms with van der Waals surface area (Å²) < 4.78 is 16.1. The highest BCUT2D eigenvalue weighted by molar-refractivity contribution is 6.06. The lowest BCUT2D eigenvalue weighted by Gasteiger charge is -2.24. The van der Waals surface area contributed by atoms with Gasteiger partial charge in [-0.05, 0) is 96.9 Å². The molecule has 4 aromatic rings. The predicted octanol–water partition coefficient (Wildman–Crippen LogP) is 6.23. The Hall–Kier alpha value is -5.05. The van der Waals surface area contributed by atoms with Crippen LogP contribution in [0.5, 0.6) is 11.5 Å². The van der Waals surface area contributed by atoms with Crippen molar-refractivity contribution in [2.45, 2.75) is 45.6 Å². The van der Waals surface area contributed by atoms with Crippen molar-refractivity contribution < 1.29 is 33.7 Å². The summed E-state index contributed by atoms with van der Waals surface area (Å²) in [6, 6.07) is 25.5. The molecule has 3 N–H and O–H groups in total. The zero-order valence-corrected chi connectivity index (χ0v) is 23.3. The lowest BCUT2D eigenvalue weighted by molar-refractivity contribution is -0.170. The molecule has 1 amide bonds. The van der Waals surface area contributed by atoms with Gasteiger partial charge in [-0.2, -0.15) is 0 Å².